The van der Waals surface area contributed by atoms with Crippen molar-refractivity contribution >= 4 is 16.9 Å². The molecular weight excluding hydrogens is 406 g/mol. The second-order valence-electron chi connectivity index (χ2n) is 8.89. The van der Waals surface area contributed by atoms with Gasteiger partial charge in [0, 0.05) is 44.7 Å². The second-order valence-corrected chi connectivity index (χ2v) is 8.89. The van der Waals surface area contributed by atoms with E-state index in [2.05, 4.69) is 51.5 Å². The van der Waals surface area contributed by atoms with Crippen molar-refractivity contribution in [3.8, 4) is 0 Å². The van der Waals surface area contributed by atoms with Gasteiger partial charge in [-0.25, -0.2) is 0 Å². The Morgan fingerprint density at radius 1 is 1.16 bits per heavy atom. The SMILES string of the molecule is Cc1cccc(CN2CCC(NC(=O)CCc3c(C)c4c(=O)[nH]n(C)c4[nH]c3=O)CC2)c1. The first-order valence-corrected chi connectivity index (χ1v) is 11.2. The number of likely N-dealkylation sites (tertiary alicyclic amines) is 1. The van der Waals surface area contributed by atoms with E-state index in [-0.39, 0.29) is 29.5 Å². The zero-order valence-electron chi connectivity index (χ0n) is 19.0. The van der Waals surface area contributed by atoms with Gasteiger partial charge in [0.15, 0.2) is 0 Å². The van der Waals surface area contributed by atoms with Crippen molar-refractivity contribution in [2.45, 2.75) is 52.1 Å². The molecule has 3 heterocycles. The maximum Gasteiger partial charge on any atom is 0.273 e. The summed E-state index contributed by atoms with van der Waals surface area (Å²) in [6.45, 7) is 6.71. The zero-order valence-corrected chi connectivity index (χ0v) is 19.0. The van der Waals surface area contributed by atoms with Gasteiger partial charge in [0.05, 0.1) is 5.39 Å². The van der Waals surface area contributed by atoms with Gasteiger partial charge in [-0.3, -0.25) is 29.1 Å². The Morgan fingerprint density at radius 2 is 1.91 bits per heavy atom. The molecule has 0 radical (unpaired) electrons. The lowest BCUT2D eigenvalue weighted by molar-refractivity contribution is -0.122. The molecule has 1 amide bonds. The number of aryl methyl sites for hydroxylation is 3. The molecule has 0 unspecified atom stereocenters. The van der Waals surface area contributed by atoms with E-state index in [1.54, 1.807) is 14.0 Å². The van der Waals surface area contributed by atoms with Crippen LogP contribution in [0.15, 0.2) is 33.9 Å². The maximum absolute atomic E-state index is 12.5. The molecule has 32 heavy (non-hydrogen) atoms. The van der Waals surface area contributed by atoms with E-state index in [9.17, 15) is 14.4 Å². The molecule has 8 nitrogen and oxygen atoms in total. The number of rotatable bonds is 6. The van der Waals surface area contributed by atoms with Crippen molar-refractivity contribution in [2.75, 3.05) is 13.1 Å². The Bertz CT molecular complexity index is 1240. The predicted octanol–water partition coefficient (Wildman–Crippen LogP) is 1.89. The Morgan fingerprint density at radius 3 is 2.62 bits per heavy atom. The molecule has 3 aromatic rings. The normalized spacial score (nSPS) is 15.3. The summed E-state index contributed by atoms with van der Waals surface area (Å²) in [7, 11) is 1.68. The van der Waals surface area contributed by atoms with Gasteiger partial charge < -0.3 is 10.3 Å². The summed E-state index contributed by atoms with van der Waals surface area (Å²) in [5.41, 5.74) is 3.72. The summed E-state index contributed by atoms with van der Waals surface area (Å²) >= 11 is 0. The molecule has 0 spiro atoms. The highest BCUT2D eigenvalue weighted by atomic mass is 16.2. The van der Waals surface area contributed by atoms with Crippen molar-refractivity contribution in [1.29, 1.82) is 0 Å². The molecular formula is C24H31N5O3. The Labute approximate surface area is 186 Å². The number of amides is 1. The highest BCUT2D eigenvalue weighted by Gasteiger charge is 2.21. The minimum atomic E-state index is -0.248. The van der Waals surface area contributed by atoms with E-state index in [1.165, 1.54) is 15.8 Å². The zero-order chi connectivity index (χ0) is 22.8. The Hall–Kier alpha value is -3.13. The molecule has 0 saturated carbocycles. The van der Waals surface area contributed by atoms with Crippen LogP contribution in [0, 0.1) is 13.8 Å². The number of fused-ring (bicyclic) bond motifs is 1. The van der Waals surface area contributed by atoms with Gasteiger partial charge in [-0.15, -0.1) is 0 Å². The lowest BCUT2D eigenvalue weighted by atomic mass is 10.0. The number of benzene rings is 1. The first-order valence-electron chi connectivity index (χ1n) is 11.2. The lowest BCUT2D eigenvalue weighted by Gasteiger charge is -2.32. The van der Waals surface area contributed by atoms with Gasteiger partial charge in [0.25, 0.3) is 11.1 Å². The molecule has 2 aromatic heterocycles. The molecule has 1 saturated heterocycles. The molecule has 0 aliphatic carbocycles. The number of pyridine rings is 1. The largest absolute Gasteiger partial charge is 0.353 e. The summed E-state index contributed by atoms with van der Waals surface area (Å²) in [5, 5.41) is 6.26. The number of hydrogen-bond donors (Lipinski definition) is 3. The summed E-state index contributed by atoms with van der Waals surface area (Å²) in [6.07, 6.45) is 2.37. The van der Waals surface area contributed by atoms with Gasteiger partial charge in [0.1, 0.15) is 5.65 Å². The quantitative estimate of drug-likeness (QED) is 0.548. The first-order chi connectivity index (χ1) is 15.3. The van der Waals surface area contributed by atoms with Crippen LogP contribution in [0.25, 0.3) is 11.0 Å². The fraction of sp³-hybridized carbons (Fsp3) is 0.458. The van der Waals surface area contributed by atoms with E-state index in [4.69, 9.17) is 0 Å². The van der Waals surface area contributed by atoms with Crippen molar-refractivity contribution < 1.29 is 4.79 Å². The molecule has 8 heteroatoms. The summed E-state index contributed by atoms with van der Waals surface area (Å²) < 4.78 is 1.51. The highest BCUT2D eigenvalue weighted by molar-refractivity contribution is 5.80. The summed E-state index contributed by atoms with van der Waals surface area (Å²) in [5.74, 6) is -0.0528. The van der Waals surface area contributed by atoms with Gasteiger partial charge in [-0.05, 0) is 44.2 Å². The number of hydrogen-bond acceptors (Lipinski definition) is 4. The average Bonchev–Trinajstić information content (AvgIpc) is 3.02. The van der Waals surface area contributed by atoms with Crippen LogP contribution in [0.5, 0.6) is 0 Å². The van der Waals surface area contributed by atoms with Crippen molar-refractivity contribution in [3.63, 3.8) is 0 Å². The minimum Gasteiger partial charge on any atom is -0.353 e. The van der Waals surface area contributed by atoms with Crippen LogP contribution in [0.4, 0.5) is 0 Å². The fourth-order valence-electron chi connectivity index (χ4n) is 4.68. The van der Waals surface area contributed by atoms with Gasteiger partial charge in [-0.1, -0.05) is 29.8 Å². The maximum atomic E-state index is 12.5. The van der Waals surface area contributed by atoms with Crippen molar-refractivity contribution in [2.24, 2.45) is 7.05 Å². The molecule has 4 rings (SSSR count). The second kappa shape index (κ2) is 9.16. The number of nitrogens with one attached hydrogen (secondary N) is 3. The molecule has 1 aliphatic rings. The van der Waals surface area contributed by atoms with E-state index in [0.717, 1.165) is 32.5 Å². The molecule has 170 valence electrons. The lowest BCUT2D eigenvalue weighted by Crippen LogP contribution is -2.44. The van der Waals surface area contributed by atoms with E-state index >= 15 is 0 Å². The van der Waals surface area contributed by atoms with Gasteiger partial charge in [-0.2, -0.15) is 0 Å². The van der Waals surface area contributed by atoms with Gasteiger partial charge in [0.2, 0.25) is 5.91 Å². The van der Waals surface area contributed by atoms with E-state index in [0.29, 0.717) is 28.6 Å². The molecule has 3 N–H and O–H groups in total. The number of carbonyl (C=O) groups is 1. The van der Waals surface area contributed by atoms with Crippen LogP contribution in [-0.2, 0) is 24.8 Å². The number of nitrogens with zero attached hydrogens (tertiary/aromatic N) is 2. The standard InChI is InChI=1S/C24H31N5O3/c1-15-5-4-6-17(13-15)14-29-11-9-18(10-12-29)25-20(30)8-7-19-16(2)21-22(26-23(19)31)28(3)27-24(21)32/h4-6,13,18H,7-12,14H2,1-3H3,(H,25,30)(H,26,31)(H,27,32). The predicted molar refractivity (Wildman–Crippen MR) is 125 cm³/mol. The number of aromatic amines is 2. The monoisotopic (exact) mass is 437 g/mol. The van der Waals surface area contributed by atoms with Crippen LogP contribution in [0.3, 0.4) is 0 Å². The Balaban J connectivity index is 1.30. The average molecular weight is 438 g/mol. The number of aromatic nitrogens is 3. The van der Waals surface area contributed by atoms with Crippen LogP contribution in [0.1, 0.15) is 41.5 Å². The van der Waals surface area contributed by atoms with Crippen molar-refractivity contribution in [1.82, 2.24) is 25.0 Å². The summed E-state index contributed by atoms with van der Waals surface area (Å²) in [4.78, 5) is 42.4. The molecule has 1 aliphatic heterocycles. The third-order valence-electron chi connectivity index (χ3n) is 6.45. The van der Waals surface area contributed by atoms with E-state index < -0.39 is 0 Å². The van der Waals surface area contributed by atoms with Crippen LogP contribution in [-0.4, -0.2) is 44.7 Å². The first kappa shape index (κ1) is 22.1. The molecule has 0 bridgehead atoms. The minimum absolute atomic E-state index is 0.0528. The van der Waals surface area contributed by atoms with Crippen LogP contribution >= 0.6 is 0 Å². The third kappa shape index (κ3) is 4.70. The number of carbonyl (C=O) groups excluding carboxylic acids is 1. The third-order valence-corrected chi connectivity index (χ3v) is 6.45. The summed E-state index contributed by atoms with van der Waals surface area (Å²) in [6, 6.07) is 8.74. The molecule has 1 fully saturated rings. The van der Waals surface area contributed by atoms with Crippen molar-refractivity contribution in [3.05, 3.63) is 67.2 Å². The highest BCUT2D eigenvalue weighted by Crippen LogP contribution is 2.16. The van der Waals surface area contributed by atoms with Gasteiger partial charge >= 0.3 is 0 Å². The van der Waals surface area contributed by atoms with Crippen LogP contribution < -0.4 is 16.4 Å². The topological polar surface area (TPSA) is 103 Å². The Kier molecular flexibility index (Phi) is 6.32. The number of H-pyrrole nitrogens is 2. The van der Waals surface area contributed by atoms with E-state index in [1.807, 2.05) is 0 Å². The molecule has 1 aromatic carbocycles. The molecule has 0 atom stereocenters. The number of piperidine rings is 1. The smallest absolute Gasteiger partial charge is 0.273 e. The fourth-order valence-corrected chi connectivity index (χ4v) is 4.68. The van der Waals surface area contributed by atoms with Crippen LogP contribution in [0.2, 0.25) is 0 Å².